The van der Waals surface area contributed by atoms with Crippen molar-refractivity contribution in [1.82, 2.24) is 15.3 Å². The van der Waals surface area contributed by atoms with E-state index >= 15 is 0 Å². The Hall–Kier alpha value is -2.35. The molecule has 1 heterocycles. The zero-order chi connectivity index (χ0) is 15.3. The molecule has 0 amide bonds. The molecule has 0 aliphatic heterocycles. The zero-order valence-corrected chi connectivity index (χ0v) is 11.0. The van der Waals surface area contributed by atoms with Crippen LogP contribution in [0, 0.1) is 0 Å². The van der Waals surface area contributed by atoms with Crippen LogP contribution in [0.4, 0.5) is 13.2 Å². The van der Waals surface area contributed by atoms with Crippen LogP contribution in [0.15, 0.2) is 36.7 Å². The van der Waals surface area contributed by atoms with Gasteiger partial charge in [0.05, 0.1) is 18.1 Å². The van der Waals surface area contributed by atoms with Crippen LogP contribution < -0.4 is 14.8 Å². The highest BCUT2D eigenvalue weighted by Gasteiger charge is 2.30. The van der Waals surface area contributed by atoms with Crippen molar-refractivity contribution in [2.45, 2.75) is 12.9 Å². The molecule has 0 aliphatic carbocycles. The van der Waals surface area contributed by atoms with Gasteiger partial charge in [-0.1, -0.05) is 0 Å². The number of rotatable bonds is 5. The van der Waals surface area contributed by atoms with Crippen LogP contribution in [0.2, 0.25) is 0 Å². The number of nitrogens with zero attached hydrogens (tertiary/aromatic N) is 2. The lowest BCUT2D eigenvalue weighted by Gasteiger charge is -2.09. The van der Waals surface area contributed by atoms with Crippen molar-refractivity contribution < 1.29 is 22.6 Å². The fourth-order valence-electron chi connectivity index (χ4n) is 1.50. The van der Waals surface area contributed by atoms with Gasteiger partial charge in [0.2, 0.25) is 5.88 Å². The highest BCUT2D eigenvalue weighted by molar-refractivity contribution is 5.33. The van der Waals surface area contributed by atoms with E-state index in [1.54, 1.807) is 13.2 Å². The van der Waals surface area contributed by atoms with Gasteiger partial charge in [0.25, 0.3) is 0 Å². The van der Waals surface area contributed by atoms with Gasteiger partial charge in [-0.15, -0.1) is 13.2 Å². The molecule has 0 saturated carbocycles. The van der Waals surface area contributed by atoms with Crippen molar-refractivity contribution in [1.29, 1.82) is 0 Å². The minimum Gasteiger partial charge on any atom is -0.438 e. The van der Waals surface area contributed by atoms with Crippen molar-refractivity contribution in [3.05, 3.63) is 42.4 Å². The standard InChI is InChI=1S/C13H12F3N3O2/c1-17-6-9-7-19-12(8-18-9)20-10-2-4-11(5-3-10)21-13(14,15)16/h2-5,7-8,17H,6H2,1H3. The average Bonchev–Trinajstić information content (AvgIpc) is 2.42. The van der Waals surface area contributed by atoms with Crippen LogP contribution in [-0.4, -0.2) is 23.4 Å². The third kappa shape index (κ3) is 4.92. The summed E-state index contributed by atoms with van der Waals surface area (Å²) in [4.78, 5) is 8.15. The predicted octanol–water partition coefficient (Wildman–Crippen LogP) is 2.89. The maximum absolute atomic E-state index is 12.0. The summed E-state index contributed by atoms with van der Waals surface area (Å²) in [7, 11) is 1.79. The Morgan fingerprint density at radius 3 is 2.24 bits per heavy atom. The SMILES string of the molecule is CNCc1cnc(Oc2ccc(OC(F)(F)F)cc2)cn1. The van der Waals surface area contributed by atoms with Gasteiger partial charge in [-0.05, 0) is 31.3 Å². The minimum atomic E-state index is -4.71. The van der Waals surface area contributed by atoms with Crippen LogP contribution >= 0.6 is 0 Å². The summed E-state index contributed by atoms with van der Waals surface area (Å²) in [5.41, 5.74) is 0.749. The van der Waals surface area contributed by atoms with Gasteiger partial charge in [0.15, 0.2) is 0 Å². The number of hydrogen-bond donors (Lipinski definition) is 1. The molecule has 112 valence electrons. The molecule has 0 bridgehead atoms. The average molecular weight is 299 g/mol. The molecule has 1 aromatic carbocycles. The quantitative estimate of drug-likeness (QED) is 0.920. The number of nitrogens with one attached hydrogen (secondary N) is 1. The minimum absolute atomic E-state index is 0.249. The van der Waals surface area contributed by atoms with Crippen LogP contribution in [0.25, 0.3) is 0 Å². The third-order valence-corrected chi connectivity index (χ3v) is 2.32. The van der Waals surface area contributed by atoms with Crippen LogP contribution in [0.1, 0.15) is 5.69 Å². The molecular formula is C13H12F3N3O2. The third-order valence-electron chi connectivity index (χ3n) is 2.32. The van der Waals surface area contributed by atoms with Gasteiger partial charge in [-0.2, -0.15) is 0 Å². The molecule has 5 nitrogen and oxygen atoms in total. The summed E-state index contributed by atoms with van der Waals surface area (Å²) in [6, 6.07) is 5.02. The van der Waals surface area contributed by atoms with E-state index in [9.17, 15) is 13.2 Å². The number of ether oxygens (including phenoxy) is 2. The Morgan fingerprint density at radius 2 is 1.71 bits per heavy atom. The molecule has 0 spiro atoms. The lowest BCUT2D eigenvalue weighted by Crippen LogP contribution is -2.16. The van der Waals surface area contributed by atoms with Gasteiger partial charge in [-0.3, -0.25) is 4.98 Å². The molecule has 8 heteroatoms. The van der Waals surface area contributed by atoms with E-state index in [1.165, 1.54) is 18.3 Å². The Kier molecular flexibility index (Phi) is 4.59. The fraction of sp³-hybridized carbons (Fsp3) is 0.231. The first-order chi connectivity index (χ1) is 9.96. The predicted molar refractivity (Wildman–Crippen MR) is 68.0 cm³/mol. The molecule has 2 aromatic rings. The highest BCUT2D eigenvalue weighted by atomic mass is 19.4. The molecule has 21 heavy (non-hydrogen) atoms. The second-order valence-corrected chi connectivity index (χ2v) is 4.00. The largest absolute Gasteiger partial charge is 0.573 e. The molecular weight excluding hydrogens is 287 g/mol. The molecule has 0 aliphatic rings. The lowest BCUT2D eigenvalue weighted by atomic mass is 10.3. The highest BCUT2D eigenvalue weighted by Crippen LogP contribution is 2.26. The number of aromatic nitrogens is 2. The number of hydrogen-bond acceptors (Lipinski definition) is 5. The van der Waals surface area contributed by atoms with E-state index in [0.29, 0.717) is 12.3 Å². The van der Waals surface area contributed by atoms with Crippen molar-refractivity contribution in [3.8, 4) is 17.4 Å². The molecule has 0 saturated heterocycles. The Morgan fingerprint density at radius 1 is 1.05 bits per heavy atom. The van der Waals surface area contributed by atoms with Crippen molar-refractivity contribution in [2.75, 3.05) is 7.05 Å². The summed E-state index contributed by atoms with van der Waals surface area (Å²) >= 11 is 0. The smallest absolute Gasteiger partial charge is 0.438 e. The lowest BCUT2D eigenvalue weighted by molar-refractivity contribution is -0.274. The molecule has 1 aromatic heterocycles. The van der Waals surface area contributed by atoms with Crippen LogP contribution in [0.3, 0.4) is 0 Å². The van der Waals surface area contributed by atoms with Crippen molar-refractivity contribution >= 4 is 0 Å². The Bertz CT molecular complexity index is 571. The molecule has 0 fully saturated rings. The Labute approximate surface area is 118 Å². The van der Waals surface area contributed by atoms with E-state index in [-0.39, 0.29) is 11.6 Å². The van der Waals surface area contributed by atoms with Gasteiger partial charge < -0.3 is 14.8 Å². The van der Waals surface area contributed by atoms with E-state index in [2.05, 4.69) is 20.0 Å². The van der Waals surface area contributed by atoms with Gasteiger partial charge in [0.1, 0.15) is 11.5 Å². The van der Waals surface area contributed by atoms with E-state index < -0.39 is 6.36 Å². The number of halogens is 3. The topological polar surface area (TPSA) is 56.3 Å². The van der Waals surface area contributed by atoms with E-state index in [0.717, 1.165) is 17.8 Å². The maximum atomic E-state index is 12.0. The summed E-state index contributed by atoms with van der Waals surface area (Å²) in [6.07, 6.45) is -1.73. The molecule has 0 radical (unpaired) electrons. The van der Waals surface area contributed by atoms with Gasteiger partial charge in [-0.25, -0.2) is 4.98 Å². The summed E-state index contributed by atoms with van der Waals surface area (Å²) < 4.78 is 45.2. The molecule has 1 N–H and O–H groups in total. The summed E-state index contributed by atoms with van der Waals surface area (Å²) in [5.74, 6) is 0.268. The van der Waals surface area contributed by atoms with Crippen LogP contribution in [-0.2, 0) is 6.54 Å². The monoisotopic (exact) mass is 299 g/mol. The number of benzene rings is 1. The molecule has 0 atom stereocenters. The van der Waals surface area contributed by atoms with Gasteiger partial charge in [0, 0.05) is 6.54 Å². The first-order valence-corrected chi connectivity index (χ1v) is 5.95. The second-order valence-electron chi connectivity index (χ2n) is 4.00. The van der Waals surface area contributed by atoms with Crippen molar-refractivity contribution in [2.24, 2.45) is 0 Å². The van der Waals surface area contributed by atoms with Crippen molar-refractivity contribution in [3.63, 3.8) is 0 Å². The molecule has 2 rings (SSSR count). The fourth-order valence-corrected chi connectivity index (χ4v) is 1.50. The van der Waals surface area contributed by atoms with E-state index in [4.69, 9.17) is 4.74 Å². The first kappa shape index (κ1) is 15.0. The number of alkyl halides is 3. The second kappa shape index (κ2) is 6.40. The Balaban J connectivity index is 1.99. The van der Waals surface area contributed by atoms with E-state index in [1.807, 2.05) is 0 Å². The summed E-state index contributed by atoms with van der Waals surface area (Å²) in [5, 5.41) is 2.93. The van der Waals surface area contributed by atoms with Gasteiger partial charge >= 0.3 is 6.36 Å². The first-order valence-electron chi connectivity index (χ1n) is 5.95. The molecule has 0 unspecified atom stereocenters. The maximum Gasteiger partial charge on any atom is 0.573 e. The zero-order valence-electron chi connectivity index (χ0n) is 11.0. The van der Waals surface area contributed by atoms with Crippen LogP contribution in [0.5, 0.6) is 17.4 Å². The summed E-state index contributed by atoms with van der Waals surface area (Å²) in [6.45, 7) is 0.580. The normalized spacial score (nSPS) is 11.2.